The van der Waals surface area contributed by atoms with Crippen molar-refractivity contribution in [2.45, 2.75) is 38.3 Å². The van der Waals surface area contributed by atoms with Crippen LogP contribution in [0.25, 0.3) is 0 Å². The van der Waals surface area contributed by atoms with E-state index in [9.17, 15) is 4.79 Å². The largest absolute Gasteiger partial charge is 0.486 e. The van der Waals surface area contributed by atoms with Gasteiger partial charge in [0.1, 0.15) is 13.2 Å². The number of hydrogen-bond donors (Lipinski definition) is 2. The van der Waals surface area contributed by atoms with Gasteiger partial charge >= 0.3 is 0 Å². The minimum absolute atomic E-state index is 0.0630. The van der Waals surface area contributed by atoms with Crippen LogP contribution in [0.5, 0.6) is 11.5 Å². The van der Waals surface area contributed by atoms with E-state index in [2.05, 4.69) is 17.6 Å². The minimum atomic E-state index is -0.0630. The van der Waals surface area contributed by atoms with E-state index in [0.717, 1.165) is 6.42 Å². The van der Waals surface area contributed by atoms with Crippen LogP contribution in [0, 0.1) is 0 Å². The van der Waals surface area contributed by atoms with E-state index in [1.54, 1.807) is 18.2 Å². The SMILES string of the molecule is CC1CCCC(CNC(=O)c2ccc3c(c2)OCCO3)N1. The number of carbonyl (C=O) groups excluding carboxylic acids is 1. The number of rotatable bonds is 3. The van der Waals surface area contributed by atoms with E-state index >= 15 is 0 Å². The molecule has 3 rings (SSSR count). The lowest BCUT2D eigenvalue weighted by molar-refractivity contribution is 0.0945. The summed E-state index contributed by atoms with van der Waals surface area (Å²) < 4.78 is 11.0. The average molecular weight is 290 g/mol. The number of piperidine rings is 1. The normalized spacial score (nSPS) is 24.4. The molecular formula is C16H22N2O3. The van der Waals surface area contributed by atoms with Gasteiger partial charge in [0.05, 0.1) is 0 Å². The second-order valence-corrected chi connectivity index (χ2v) is 5.76. The molecule has 2 N–H and O–H groups in total. The second kappa shape index (κ2) is 6.35. The van der Waals surface area contributed by atoms with Gasteiger partial charge in [-0.05, 0) is 38.0 Å². The zero-order chi connectivity index (χ0) is 14.7. The molecule has 0 saturated carbocycles. The Hall–Kier alpha value is -1.75. The number of benzene rings is 1. The fourth-order valence-corrected chi connectivity index (χ4v) is 2.90. The fraction of sp³-hybridized carbons (Fsp3) is 0.562. The Morgan fingerprint density at radius 2 is 2.10 bits per heavy atom. The van der Waals surface area contributed by atoms with E-state index in [4.69, 9.17) is 9.47 Å². The Kier molecular flexibility index (Phi) is 4.29. The summed E-state index contributed by atoms with van der Waals surface area (Å²) in [4.78, 5) is 12.2. The molecule has 1 amide bonds. The van der Waals surface area contributed by atoms with E-state index in [1.807, 2.05) is 0 Å². The van der Waals surface area contributed by atoms with Crippen molar-refractivity contribution in [3.8, 4) is 11.5 Å². The van der Waals surface area contributed by atoms with Crippen LogP contribution < -0.4 is 20.1 Å². The van der Waals surface area contributed by atoms with Crippen molar-refractivity contribution in [1.29, 1.82) is 0 Å². The predicted octanol–water partition coefficient (Wildman–Crippen LogP) is 1.72. The molecule has 2 aliphatic heterocycles. The predicted molar refractivity (Wildman–Crippen MR) is 80.0 cm³/mol. The lowest BCUT2D eigenvalue weighted by Crippen LogP contribution is -2.47. The first-order chi connectivity index (χ1) is 10.2. The molecule has 0 bridgehead atoms. The van der Waals surface area contributed by atoms with Gasteiger partial charge in [0.15, 0.2) is 11.5 Å². The molecule has 1 fully saturated rings. The molecule has 5 heteroatoms. The van der Waals surface area contributed by atoms with Gasteiger partial charge in [0.2, 0.25) is 0 Å². The van der Waals surface area contributed by atoms with Gasteiger partial charge < -0.3 is 20.1 Å². The summed E-state index contributed by atoms with van der Waals surface area (Å²) in [5.74, 6) is 1.30. The third-order valence-electron chi connectivity index (χ3n) is 4.02. The lowest BCUT2D eigenvalue weighted by atomic mass is 9.99. The van der Waals surface area contributed by atoms with Gasteiger partial charge in [-0.1, -0.05) is 6.42 Å². The third kappa shape index (κ3) is 3.47. The summed E-state index contributed by atoms with van der Waals surface area (Å²) in [5, 5.41) is 6.51. The first kappa shape index (κ1) is 14.2. The highest BCUT2D eigenvalue weighted by molar-refractivity contribution is 5.94. The molecule has 21 heavy (non-hydrogen) atoms. The van der Waals surface area contributed by atoms with Crippen LogP contribution in [0.2, 0.25) is 0 Å². The molecule has 0 spiro atoms. The molecular weight excluding hydrogens is 268 g/mol. The summed E-state index contributed by atoms with van der Waals surface area (Å²) in [6.07, 6.45) is 3.55. The number of carbonyl (C=O) groups is 1. The number of ether oxygens (including phenoxy) is 2. The first-order valence-corrected chi connectivity index (χ1v) is 7.66. The summed E-state index contributed by atoms with van der Waals surface area (Å²) in [6, 6.07) is 6.23. The standard InChI is InChI=1S/C16H22N2O3/c1-11-3-2-4-13(18-11)10-17-16(19)12-5-6-14-15(9-12)21-8-7-20-14/h5-6,9,11,13,18H,2-4,7-8,10H2,1H3,(H,17,19). The fourth-order valence-electron chi connectivity index (χ4n) is 2.90. The highest BCUT2D eigenvalue weighted by Gasteiger charge is 2.19. The molecule has 1 aromatic rings. The quantitative estimate of drug-likeness (QED) is 0.890. The molecule has 2 atom stereocenters. The molecule has 0 aliphatic carbocycles. The summed E-state index contributed by atoms with van der Waals surface area (Å²) in [5.41, 5.74) is 0.614. The summed E-state index contributed by atoms with van der Waals surface area (Å²) >= 11 is 0. The van der Waals surface area contributed by atoms with Crippen LogP contribution in [0.1, 0.15) is 36.5 Å². The third-order valence-corrected chi connectivity index (χ3v) is 4.02. The van der Waals surface area contributed by atoms with Crippen LogP contribution >= 0.6 is 0 Å². The van der Waals surface area contributed by atoms with Gasteiger partial charge in [-0.15, -0.1) is 0 Å². The molecule has 2 aliphatic rings. The molecule has 0 aromatic heterocycles. The maximum Gasteiger partial charge on any atom is 0.251 e. The Morgan fingerprint density at radius 3 is 2.90 bits per heavy atom. The van der Waals surface area contributed by atoms with Gasteiger partial charge in [0, 0.05) is 24.2 Å². The number of amides is 1. The summed E-state index contributed by atoms with van der Waals surface area (Å²) in [7, 11) is 0. The van der Waals surface area contributed by atoms with Crippen molar-refractivity contribution in [2.75, 3.05) is 19.8 Å². The molecule has 1 saturated heterocycles. The molecule has 0 radical (unpaired) electrons. The highest BCUT2D eigenvalue weighted by Crippen LogP contribution is 2.30. The van der Waals surface area contributed by atoms with E-state index < -0.39 is 0 Å². The van der Waals surface area contributed by atoms with Crippen LogP contribution in [0.3, 0.4) is 0 Å². The molecule has 2 heterocycles. The Labute approximate surface area is 125 Å². The van der Waals surface area contributed by atoms with Gasteiger partial charge in [-0.2, -0.15) is 0 Å². The van der Waals surface area contributed by atoms with Gasteiger partial charge in [0.25, 0.3) is 5.91 Å². The van der Waals surface area contributed by atoms with Crippen LogP contribution in [0.15, 0.2) is 18.2 Å². The number of fused-ring (bicyclic) bond motifs is 1. The number of nitrogens with one attached hydrogen (secondary N) is 2. The smallest absolute Gasteiger partial charge is 0.251 e. The minimum Gasteiger partial charge on any atom is -0.486 e. The van der Waals surface area contributed by atoms with Crippen molar-refractivity contribution >= 4 is 5.91 Å². The Morgan fingerprint density at radius 1 is 1.29 bits per heavy atom. The highest BCUT2D eigenvalue weighted by atomic mass is 16.6. The van der Waals surface area contributed by atoms with Crippen molar-refractivity contribution < 1.29 is 14.3 Å². The zero-order valence-corrected chi connectivity index (χ0v) is 12.4. The van der Waals surface area contributed by atoms with Crippen molar-refractivity contribution in [3.05, 3.63) is 23.8 Å². The van der Waals surface area contributed by atoms with Crippen molar-refractivity contribution in [1.82, 2.24) is 10.6 Å². The monoisotopic (exact) mass is 290 g/mol. The molecule has 114 valence electrons. The second-order valence-electron chi connectivity index (χ2n) is 5.76. The van der Waals surface area contributed by atoms with Gasteiger partial charge in [-0.3, -0.25) is 4.79 Å². The van der Waals surface area contributed by atoms with Crippen LogP contribution in [0.4, 0.5) is 0 Å². The number of hydrogen-bond acceptors (Lipinski definition) is 4. The van der Waals surface area contributed by atoms with Crippen LogP contribution in [-0.2, 0) is 0 Å². The van der Waals surface area contributed by atoms with Crippen LogP contribution in [-0.4, -0.2) is 37.7 Å². The first-order valence-electron chi connectivity index (χ1n) is 7.66. The van der Waals surface area contributed by atoms with Gasteiger partial charge in [-0.25, -0.2) is 0 Å². The molecule has 2 unspecified atom stereocenters. The van der Waals surface area contributed by atoms with E-state index in [-0.39, 0.29) is 5.91 Å². The van der Waals surface area contributed by atoms with Crippen molar-refractivity contribution in [3.63, 3.8) is 0 Å². The summed E-state index contributed by atoms with van der Waals surface area (Å²) in [6.45, 7) is 3.94. The van der Waals surface area contributed by atoms with Crippen molar-refractivity contribution in [2.24, 2.45) is 0 Å². The zero-order valence-electron chi connectivity index (χ0n) is 12.4. The maximum absolute atomic E-state index is 12.2. The molecule has 5 nitrogen and oxygen atoms in total. The Bertz CT molecular complexity index is 518. The molecule has 1 aromatic carbocycles. The average Bonchev–Trinajstić information content (AvgIpc) is 2.52. The topological polar surface area (TPSA) is 59.6 Å². The lowest BCUT2D eigenvalue weighted by Gasteiger charge is -2.28. The van der Waals surface area contributed by atoms with E-state index in [0.29, 0.717) is 48.9 Å². The Balaban J connectivity index is 1.57. The van der Waals surface area contributed by atoms with E-state index in [1.165, 1.54) is 12.8 Å². The maximum atomic E-state index is 12.2.